The fourth-order valence-electron chi connectivity index (χ4n) is 21.3. The number of benzene rings is 24. The minimum atomic E-state index is 0.652. The Labute approximate surface area is 827 Å². The lowest BCUT2D eigenvalue weighted by Crippen LogP contribution is -2.00. The third-order valence-corrected chi connectivity index (χ3v) is 30.5. The Morgan fingerprint density at radius 3 is 0.634 bits per heavy atom. The Morgan fingerprint density at radius 2 is 0.303 bits per heavy atom. The molecular weight excluding hydrogens is 1760 g/mol. The van der Waals surface area contributed by atoms with Crippen molar-refractivity contribution >= 4 is 149 Å². The molecule has 8 heteroatoms. The number of fused-ring (bicyclic) bond motifs is 20. The normalized spacial score (nSPS) is 11.7. The molecule has 142 heavy (non-hydrogen) atoms. The second kappa shape index (κ2) is 35.1. The van der Waals surface area contributed by atoms with Crippen molar-refractivity contribution in [3.05, 3.63) is 497 Å². The van der Waals surface area contributed by atoms with Crippen LogP contribution >= 0.6 is 22.7 Å². The predicted molar refractivity (Wildman–Crippen MR) is 602 cm³/mol. The maximum Gasteiger partial charge on any atom is 0.164 e. The van der Waals surface area contributed by atoms with Crippen LogP contribution in [0.3, 0.4) is 0 Å². The van der Waals surface area contributed by atoms with Gasteiger partial charge in [-0.3, -0.25) is 0 Å². The van der Waals surface area contributed by atoms with Gasteiger partial charge in [0.25, 0.3) is 0 Å². The van der Waals surface area contributed by atoms with Crippen LogP contribution in [-0.4, -0.2) is 29.9 Å². The molecule has 0 amide bonds. The highest BCUT2D eigenvalue weighted by molar-refractivity contribution is 7.26. The van der Waals surface area contributed by atoms with Crippen molar-refractivity contribution in [2.75, 3.05) is 0 Å². The predicted octanol–water partition coefficient (Wildman–Crippen LogP) is 37.0. The SMILES string of the molecule is c1ccc(-c2nc(-c3ccccc3)nc(-c3ccc(-c4ccc5c(c4)sc4ccc(-c6cccc(-c7cccc(-c8ccc9c%10ccccc%10c%10ccccc%10c9c8)c7)c6)cc45)c4ccccc34)n2)cc1.c1ccc(-c2nc(-c3ccccc3)nc(-c3cccc4c(-c5ccc6c(c5)sc5ccc(-c7cccc(-c8cccc(-c9ccc%10c%11ccccc%11c%11ccccc%11c%10c9)c8)c7)cc56)cccc34)n2)cc1. The smallest absolute Gasteiger partial charge is 0.164 e. The first-order chi connectivity index (χ1) is 70.3. The van der Waals surface area contributed by atoms with Gasteiger partial charge in [0, 0.05) is 73.7 Å². The zero-order valence-corrected chi connectivity index (χ0v) is 78.5. The molecule has 0 bridgehead atoms. The number of hydrogen-bond donors (Lipinski definition) is 0. The molecule has 28 rings (SSSR count). The molecule has 0 aliphatic carbocycles. The average Bonchev–Trinajstić information content (AvgIpc) is 1.83. The van der Waals surface area contributed by atoms with Crippen LogP contribution in [0.2, 0.25) is 0 Å². The fraction of sp³-hybridized carbons (Fsp3) is 0. The van der Waals surface area contributed by atoms with Gasteiger partial charge in [-0.05, 0) is 254 Å². The van der Waals surface area contributed by atoms with E-state index in [1.54, 1.807) is 0 Å². The van der Waals surface area contributed by atoms with E-state index in [-0.39, 0.29) is 0 Å². The summed E-state index contributed by atoms with van der Waals surface area (Å²) in [5, 5.41) is 25.1. The van der Waals surface area contributed by atoms with Crippen molar-refractivity contribution < 1.29 is 0 Å². The Bertz CT molecular complexity index is 9240. The van der Waals surface area contributed by atoms with Gasteiger partial charge in [-0.1, -0.05) is 419 Å². The summed E-state index contributed by atoms with van der Waals surface area (Å²) in [6, 6.07) is 179. The molecule has 28 aromatic rings. The molecular formula is C134H82N6S2. The van der Waals surface area contributed by atoms with E-state index in [9.17, 15) is 0 Å². The molecule has 0 saturated carbocycles. The highest BCUT2D eigenvalue weighted by Crippen LogP contribution is 2.48. The monoisotopic (exact) mass is 1840 g/mol. The quantitative estimate of drug-likeness (QED) is 0.101. The first kappa shape index (κ1) is 83.2. The maximum atomic E-state index is 5.08. The summed E-state index contributed by atoms with van der Waals surface area (Å²) in [6.45, 7) is 0. The number of thiophene rings is 2. The van der Waals surface area contributed by atoms with Crippen LogP contribution in [0.15, 0.2) is 497 Å². The summed E-state index contributed by atoms with van der Waals surface area (Å²) < 4.78 is 5.08. The number of aromatic nitrogens is 6. The van der Waals surface area contributed by atoms with Crippen molar-refractivity contribution in [3.8, 4) is 157 Å². The van der Waals surface area contributed by atoms with Crippen LogP contribution in [0, 0.1) is 0 Å². The van der Waals surface area contributed by atoms with Gasteiger partial charge >= 0.3 is 0 Å². The van der Waals surface area contributed by atoms with Crippen LogP contribution in [0.4, 0.5) is 0 Å². The van der Waals surface area contributed by atoms with E-state index in [1.165, 1.54) is 194 Å². The topological polar surface area (TPSA) is 77.3 Å². The maximum absolute atomic E-state index is 5.08. The lowest BCUT2D eigenvalue weighted by atomic mass is 9.91. The number of hydrogen-bond acceptors (Lipinski definition) is 8. The standard InChI is InChI=1S/2C67H41N3S/c1-3-15-42(16-4-1)65-68-66(43-17-5-2-6-18-43)70-67(69-65)60-35-34-51(52-23-7-11-27-56(52)60)50-30-33-59-62-40-49(31-36-63(62)71-64(59)41-50)47-22-14-20-45(38-47)44-19-13-21-46(37-44)48-29-32-58-55-26-9-8-24-53(55)54-25-10-12-28-57(54)61(58)39-48;1-3-15-42(16-4-1)65-68-66(43-17-5-2-6-18-43)70-67(69-65)60-30-14-28-52-51(27-13-29-56(52)60)50-32-35-59-62-40-49(33-36-63(62)71-64(59)41-50)47-22-12-20-45(38-47)44-19-11-21-46(37-44)48-31-34-58-55-25-8-7-23-53(55)54-24-9-10-26-57(54)61(58)39-48/h2*1-41H. The minimum absolute atomic E-state index is 0.652. The van der Waals surface area contributed by atoms with Crippen molar-refractivity contribution in [1.82, 2.24) is 29.9 Å². The van der Waals surface area contributed by atoms with Crippen molar-refractivity contribution in [3.63, 3.8) is 0 Å². The molecule has 0 spiro atoms. The molecule has 0 N–H and O–H groups in total. The van der Waals surface area contributed by atoms with Crippen LogP contribution in [0.1, 0.15) is 0 Å². The molecule has 0 unspecified atom stereocenters. The molecule has 0 atom stereocenters. The van der Waals surface area contributed by atoms with Gasteiger partial charge in [0.2, 0.25) is 0 Å². The second-order valence-electron chi connectivity index (χ2n) is 36.6. The Morgan fingerprint density at radius 1 is 0.0986 bits per heavy atom. The van der Waals surface area contributed by atoms with Crippen LogP contribution in [0.5, 0.6) is 0 Å². The molecule has 0 fully saturated rings. The van der Waals surface area contributed by atoms with Crippen molar-refractivity contribution in [1.29, 1.82) is 0 Å². The summed E-state index contributed by atoms with van der Waals surface area (Å²) in [5.74, 6) is 3.91. The molecule has 660 valence electrons. The summed E-state index contributed by atoms with van der Waals surface area (Å²) in [5.41, 5.74) is 24.9. The van der Waals surface area contributed by atoms with Gasteiger partial charge in [-0.2, -0.15) is 0 Å². The molecule has 0 aliphatic heterocycles. The molecule has 0 saturated heterocycles. The molecule has 6 nitrogen and oxygen atoms in total. The fourth-order valence-corrected chi connectivity index (χ4v) is 23.5. The minimum Gasteiger partial charge on any atom is -0.208 e. The van der Waals surface area contributed by atoms with E-state index in [0.29, 0.717) is 34.9 Å². The third-order valence-electron chi connectivity index (χ3n) is 28.2. The Balaban J connectivity index is 0.000000142. The van der Waals surface area contributed by atoms with Gasteiger partial charge in [0.1, 0.15) is 0 Å². The highest BCUT2D eigenvalue weighted by atomic mass is 32.1. The molecule has 0 radical (unpaired) electrons. The zero-order chi connectivity index (χ0) is 93.7. The second-order valence-corrected chi connectivity index (χ2v) is 38.7. The third kappa shape index (κ3) is 15.0. The largest absolute Gasteiger partial charge is 0.208 e. The van der Waals surface area contributed by atoms with Crippen LogP contribution in [0.25, 0.3) is 284 Å². The van der Waals surface area contributed by atoms with Gasteiger partial charge in [0.15, 0.2) is 34.9 Å². The van der Waals surface area contributed by atoms with E-state index < -0.39 is 0 Å². The molecule has 4 aromatic heterocycles. The number of nitrogens with zero attached hydrogens (tertiary/aromatic N) is 6. The molecule has 24 aromatic carbocycles. The van der Waals surface area contributed by atoms with Crippen molar-refractivity contribution in [2.45, 2.75) is 0 Å². The van der Waals surface area contributed by atoms with E-state index in [0.717, 1.165) is 54.9 Å². The lowest BCUT2D eigenvalue weighted by Gasteiger charge is -2.13. The van der Waals surface area contributed by atoms with E-state index in [4.69, 9.17) is 29.9 Å². The first-order valence-electron chi connectivity index (χ1n) is 48.1. The Kier molecular flexibility index (Phi) is 20.6. The summed E-state index contributed by atoms with van der Waals surface area (Å²) in [7, 11) is 0. The van der Waals surface area contributed by atoms with E-state index in [2.05, 4.69) is 376 Å². The Hall–Kier alpha value is -18.2. The van der Waals surface area contributed by atoms with E-state index >= 15 is 0 Å². The van der Waals surface area contributed by atoms with Gasteiger partial charge in [-0.25, -0.2) is 29.9 Å². The van der Waals surface area contributed by atoms with Crippen LogP contribution in [-0.2, 0) is 0 Å². The van der Waals surface area contributed by atoms with Gasteiger partial charge in [0.05, 0.1) is 0 Å². The summed E-state index contributed by atoms with van der Waals surface area (Å²) >= 11 is 3.71. The van der Waals surface area contributed by atoms with E-state index in [1.807, 2.05) is 144 Å². The number of rotatable bonds is 14. The molecule has 0 aliphatic rings. The van der Waals surface area contributed by atoms with Gasteiger partial charge in [-0.15, -0.1) is 22.7 Å². The lowest BCUT2D eigenvalue weighted by molar-refractivity contribution is 1.08. The van der Waals surface area contributed by atoms with Crippen LogP contribution < -0.4 is 0 Å². The zero-order valence-electron chi connectivity index (χ0n) is 76.8. The van der Waals surface area contributed by atoms with Gasteiger partial charge < -0.3 is 0 Å². The first-order valence-corrected chi connectivity index (χ1v) is 49.8. The highest BCUT2D eigenvalue weighted by Gasteiger charge is 2.23. The average molecular weight is 1840 g/mol. The summed E-state index contributed by atoms with van der Waals surface area (Å²) in [4.78, 5) is 30.2. The molecule has 4 heterocycles. The van der Waals surface area contributed by atoms with Crippen molar-refractivity contribution in [2.24, 2.45) is 0 Å². The summed E-state index contributed by atoms with van der Waals surface area (Å²) in [6.07, 6.45) is 0.